The molecule has 0 unspecified atom stereocenters. The fraction of sp³-hybridized carbons (Fsp3) is 0.417. The van der Waals surface area contributed by atoms with Gasteiger partial charge in [-0.1, -0.05) is 0 Å². The molecule has 8 nitrogen and oxygen atoms in total. The van der Waals surface area contributed by atoms with Gasteiger partial charge in [-0.3, -0.25) is 25.0 Å². The Balaban J connectivity index is 2.15. The molecule has 1 aromatic rings. The summed E-state index contributed by atoms with van der Waals surface area (Å²) in [5, 5.41) is 13.6. The van der Waals surface area contributed by atoms with Crippen LogP contribution in [0.1, 0.15) is 23.2 Å². The molecule has 114 valence electrons. The molecule has 1 saturated heterocycles. The number of carbonyl (C=O) groups is 1. The molecule has 0 atom stereocenters. The molecule has 0 bridgehead atoms. The number of nitrogens with zero attached hydrogens (tertiary/aromatic N) is 1. The van der Waals surface area contributed by atoms with Gasteiger partial charge < -0.3 is 10.7 Å². The van der Waals surface area contributed by atoms with E-state index in [4.69, 9.17) is 5.84 Å². The second-order valence-corrected chi connectivity index (χ2v) is 6.42. The number of amides is 1. The van der Waals surface area contributed by atoms with E-state index < -0.39 is 21.6 Å². The van der Waals surface area contributed by atoms with E-state index in [1.54, 1.807) is 0 Å². The fourth-order valence-electron chi connectivity index (χ4n) is 2.16. The zero-order valence-electron chi connectivity index (χ0n) is 11.2. The van der Waals surface area contributed by atoms with E-state index in [-0.39, 0.29) is 17.3 Å². The second kappa shape index (κ2) is 6.64. The maximum Gasteiger partial charge on any atom is 0.270 e. The predicted molar refractivity (Wildman–Crippen MR) is 79.3 cm³/mol. The van der Waals surface area contributed by atoms with Crippen molar-refractivity contribution in [1.29, 1.82) is 0 Å². The minimum atomic E-state index is -0.809. The van der Waals surface area contributed by atoms with E-state index in [1.807, 2.05) is 0 Å². The summed E-state index contributed by atoms with van der Waals surface area (Å²) in [6.07, 6.45) is 1.28. The number of nitrogens with two attached hydrogens (primary N) is 1. The van der Waals surface area contributed by atoms with Gasteiger partial charge in [0.15, 0.2) is 0 Å². The Morgan fingerprint density at radius 2 is 2.05 bits per heavy atom. The minimum absolute atomic E-state index is 0.0694. The summed E-state index contributed by atoms with van der Waals surface area (Å²) in [4.78, 5) is 22.5. The highest BCUT2D eigenvalue weighted by Crippen LogP contribution is 2.22. The lowest BCUT2D eigenvalue weighted by atomic mass is 10.1. The van der Waals surface area contributed by atoms with Crippen LogP contribution in [0.2, 0.25) is 0 Å². The molecule has 0 aromatic heterocycles. The van der Waals surface area contributed by atoms with Gasteiger partial charge >= 0.3 is 0 Å². The number of nitro benzene ring substituents is 1. The highest BCUT2D eigenvalue weighted by Gasteiger charge is 2.22. The van der Waals surface area contributed by atoms with Crippen molar-refractivity contribution in [2.75, 3.05) is 16.9 Å². The summed E-state index contributed by atoms with van der Waals surface area (Å²) in [6, 6.07) is 3.78. The van der Waals surface area contributed by atoms with Crippen molar-refractivity contribution in [1.82, 2.24) is 5.32 Å². The van der Waals surface area contributed by atoms with E-state index in [2.05, 4.69) is 10.7 Å². The van der Waals surface area contributed by atoms with Crippen molar-refractivity contribution >= 4 is 28.1 Å². The zero-order chi connectivity index (χ0) is 15.4. The number of rotatable bonds is 4. The molecule has 9 heteroatoms. The zero-order valence-corrected chi connectivity index (χ0v) is 12.0. The van der Waals surface area contributed by atoms with Crippen molar-refractivity contribution in [2.24, 2.45) is 5.84 Å². The molecule has 1 amide bonds. The van der Waals surface area contributed by atoms with Gasteiger partial charge in [0.05, 0.1) is 16.2 Å². The van der Waals surface area contributed by atoms with Crippen molar-refractivity contribution in [3.05, 3.63) is 33.9 Å². The molecule has 1 aliphatic rings. The van der Waals surface area contributed by atoms with Gasteiger partial charge in [0, 0.05) is 40.5 Å². The maximum absolute atomic E-state index is 12.2. The number of nitrogen functional groups attached to an aromatic ring is 1. The Labute approximate surface area is 123 Å². The van der Waals surface area contributed by atoms with Crippen molar-refractivity contribution in [2.45, 2.75) is 18.9 Å². The third-order valence-corrected chi connectivity index (χ3v) is 4.72. The first-order chi connectivity index (χ1) is 10.0. The summed E-state index contributed by atoms with van der Waals surface area (Å²) in [6.45, 7) is 0. The first-order valence-corrected chi connectivity index (χ1v) is 7.91. The number of hydrogen-bond acceptors (Lipinski definition) is 6. The molecule has 1 aliphatic heterocycles. The SMILES string of the molecule is NNc1ccc([N+](=O)[O-])cc1C(=O)NC1CCS(=O)CC1. The number of hydrazine groups is 1. The summed E-state index contributed by atoms with van der Waals surface area (Å²) >= 11 is 0. The molecule has 21 heavy (non-hydrogen) atoms. The second-order valence-electron chi connectivity index (χ2n) is 4.73. The molecule has 1 heterocycles. The van der Waals surface area contributed by atoms with Gasteiger partial charge in [-0.15, -0.1) is 0 Å². The minimum Gasteiger partial charge on any atom is -0.349 e. The smallest absolute Gasteiger partial charge is 0.270 e. The molecule has 1 aromatic carbocycles. The van der Waals surface area contributed by atoms with Crippen LogP contribution in [0.4, 0.5) is 11.4 Å². The van der Waals surface area contributed by atoms with E-state index in [0.717, 1.165) is 0 Å². The molecular formula is C12H16N4O4S. The van der Waals surface area contributed by atoms with Crippen LogP contribution in [0.3, 0.4) is 0 Å². The first-order valence-electron chi connectivity index (χ1n) is 6.42. The number of carbonyl (C=O) groups excluding carboxylic acids is 1. The largest absolute Gasteiger partial charge is 0.349 e. The van der Waals surface area contributed by atoms with Crippen LogP contribution in [0.15, 0.2) is 18.2 Å². The maximum atomic E-state index is 12.2. The lowest BCUT2D eigenvalue weighted by Crippen LogP contribution is -2.39. The van der Waals surface area contributed by atoms with Gasteiger partial charge in [0.1, 0.15) is 0 Å². The fourth-order valence-corrected chi connectivity index (χ4v) is 3.46. The average molecular weight is 312 g/mol. The lowest BCUT2D eigenvalue weighted by Gasteiger charge is -2.23. The number of anilines is 1. The van der Waals surface area contributed by atoms with Gasteiger partial charge in [-0.2, -0.15) is 0 Å². The molecule has 4 N–H and O–H groups in total. The topological polar surface area (TPSA) is 127 Å². The van der Waals surface area contributed by atoms with Crippen LogP contribution in [-0.4, -0.2) is 32.6 Å². The van der Waals surface area contributed by atoms with Crippen LogP contribution >= 0.6 is 0 Å². The van der Waals surface area contributed by atoms with Crippen LogP contribution < -0.4 is 16.6 Å². The van der Waals surface area contributed by atoms with Crippen LogP contribution in [0, 0.1) is 10.1 Å². The normalized spacial score (nSPS) is 21.6. The van der Waals surface area contributed by atoms with Crippen molar-refractivity contribution < 1.29 is 13.9 Å². The Kier molecular flexibility index (Phi) is 4.86. The molecule has 0 saturated carbocycles. The Hall–Kier alpha value is -2.00. The van der Waals surface area contributed by atoms with Gasteiger partial charge in [-0.25, -0.2) is 0 Å². The Bertz CT molecular complexity index is 583. The van der Waals surface area contributed by atoms with Crippen molar-refractivity contribution in [3.63, 3.8) is 0 Å². The highest BCUT2D eigenvalue weighted by molar-refractivity contribution is 7.85. The van der Waals surface area contributed by atoms with E-state index in [1.165, 1.54) is 18.2 Å². The number of hydrogen-bond donors (Lipinski definition) is 3. The Morgan fingerprint density at radius 1 is 1.38 bits per heavy atom. The molecule has 0 radical (unpaired) electrons. The van der Waals surface area contributed by atoms with Crippen LogP contribution in [0.5, 0.6) is 0 Å². The standard InChI is InChI=1S/C12H16N4O4S/c13-15-11-2-1-9(16(18)19)7-10(11)12(17)14-8-3-5-21(20)6-4-8/h1-2,7-8,15H,3-6,13H2,(H,14,17). The average Bonchev–Trinajstić information content (AvgIpc) is 2.48. The van der Waals surface area contributed by atoms with Crippen molar-refractivity contribution in [3.8, 4) is 0 Å². The highest BCUT2D eigenvalue weighted by atomic mass is 32.2. The quantitative estimate of drug-likeness (QED) is 0.422. The van der Waals surface area contributed by atoms with Crippen LogP contribution in [-0.2, 0) is 10.8 Å². The number of nitro groups is 1. The van der Waals surface area contributed by atoms with Gasteiger partial charge in [0.2, 0.25) is 0 Å². The monoisotopic (exact) mass is 312 g/mol. The summed E-state index contributed by atoms with van der Waals surface area (Å²) in [5.41, 5.74) is 2.62. The van der Waals surface area contributed by atoms with E-state index in [0.29, 0.717) is 30.0 Å². The molecule has 2 rings (SSSR count). The summed E-state index contributed by atoms with van der Waals surface area (Å²) in [7, 11) is -0.809. The van der Waals surface area contributed by atoms with Gasteiger partial charge in [0.25, 0.3) is 11.6 Å². The predicted octanol–water partition coefficient (Wildman–Crippen LogP) is 0.521. The van der Waals surface area contributed by atoms with E-state index >= 15 is 0 Å². The van der Waals surface area contributed by atoms with Gasteiger partial charge in [-0.05, 0) is 18.9 Å². The summed E-state index contributed by atoms with van der Waals surface area (Å²) < 4.78 is 11.3. The first kappa shape index (κ1) is 15.4. The molecule has 0 aliphatic carbocycles. The third kappa shape index (κ3) is 3.76. The number of non-ortho nitro benzene ring substituents is 1. The lowest BCUT2D eigenvalue weighted by molar-refractivity contribution is -0.384. The number of benzene rings is 1. The van der Waals surface area contributed by atoms with Crippen LogP contribution in [0.25, 0.3) is 0 Å². The third-order valence-electron chi connectivity index (χ3n) is 3.34. The Morgan fingerprint density at radius 3 is 2.62 bits per heavy atom. The number of nitrogens with one attached hydrogen (secondary N) is 2. The molecule has 0 spiro atoms. The summed E-state index contributed by atoms with van der Waals surface area (Å²) in [5.74, 6) is 6.01. The molecular weight excluding hydrogens is 296 g/mol. The molecule has 1 fully saturated rings. The van der Waals surface area contributed by atoms with E-state index in [9.17, 15) is 19.1 Å².